The molecular formula is C25H27F3N2O5. The molecule has 0 radical (unpaired) electrons. The van der Waals surface area contributed by atoms with Gasteiger partial charge in [-0.05, 0) is 41.5 Å². The minimum Gasteiger partial charge on any atom is -0.479 e. The van der Waals surface area contributed by atoms with Crippen molar-refractivity contribution in [2.24, 2.45) is 5.92 Å². The number of halogens is 3. The van der Waals surface area contributed by atoms with Crippen LogP contribution in [0, 0.1) is 5.92 Å². The molecule has 2 aromatic rings. The fraction of sp³-hybridized carbons (Fsp3) is 0.400. The number of carbonyl (C=O) groups is 3. The van der Waals surface area contributed by atoms with Crippen LogP contribution in [0.25, 0.3) is 11.1 Å². The number of nitrogens with one attached hydrogen (secondary N) is 2. The number of hydrogen-bond donors (Lipinski definition) is 3. The highest BCUT2D eigenvalue weighted by molar-refractivity contribution is 5.91. The van der Waals surface area contributed by atoms with Gasteiger partial charge in [0.1, 0.15) is 12.6 Å². The molecule has 0 fully saturated rings. The molecule has 0 saturated heterocycles. The number of alkyl halides is 3. The van der Waals surface area contributed by atoms with E-state index >= 15 is 0 Å². The lowest BCUT2D eigenvalue weighted by Crippen LogP contribution is -2.65. The van der Waals surface area contributed by atoms with Crippen molar-refractivity contribution in [1.82, 2.24) is 10.6 Å². The number of carboxylic acid groups (broad SMARTS) is 1. The highest BCUT2D eigenvalue weighted by Crippen LogP contribution is 2.44. The van der Waals surface area contributed by atoms with Gasteiger partial charge in [-0.25, -0.2) is 9.59 Å². The zero-order valence-corrected chi connectivity index (χ0v) is 19.5. The Morgan fingerprint density at radius 1 is 1.00 bits per heavy atom. The molecule has 1 unspecified atom stereocenters. The molecule has 0 aromatic heterocycles. The summed E-state index contributed by atoms with van der Waals surface area (Å²) in [6, 6.07) is 13.9. The Labute approximate surface area is 200 Å². The number of fused-ring (bicyclic) bond motifs is 3. The molecule has 10 heteroatoms. The first-order valence-electron chi connectivity index (χ1n) is 11.1. The summed E-state index contributed by atoms with van der Waals surface area (Å²) in [6.45, 7) is 3.72. The lowest BCUT2D eigenvalue weighted by atomic mass is 9.98. The van der Waals surface area contributed by atoms with Crippen LogP contribution < -0.4 is 10.6 Å². The second-order valence-electron chi connectivity index (χ2n) is 9.07. The van der Waals surface area contributed by atoms with Crippen molar-refractivity contribution in [2.75, 3.05) is 6.61 Å². The van der Waals surface area contributed by atoms with Gasteiger partial charge in [0.25, 0.3) is 0 Å². The first-order valence-corrected chi connectivity index (χ1v) is 11.1. The molecule has 1 aliphatic rings. The van der Waals surface area contributed by atoms with Crippen LogP contribution in [0.1, 0.15) is 44.2 Å². The fourth-order valence-electron chi connectivity index (χ4n) is 4.06. The molecule has 0 bridgehead atoms. The summed E-state index contributed by atoms with van der Waals surface area (Å²) in [5.74, 6) is -3.97. The third-order valence-corrected chi connectivity index (χ3v) is 6.03. The largest absolute Gasteiger partial charge is 0.479 e. The summed E-state index contributed by atoms with van der Waals surface area (Å²) in [5, 5.41) is 12.9. The molecule has 0 saturated carbocycles. The average Bonchev–Trinajstić information content (AvgIpc) is 3.09. The molecule has 188 valence electrons. The third-order valence-electron chi connectivity index (χ3n) is 6.03. The van der Waals surface area contributed by atoms with Crippen LogP contribution in [0.15, 0.2) is 48.5 Å². The molecule has 2 atom stereocenters. The van der Waals surface area contributed by atoms with E-state index in [9.17, 15) is 27.6 Å². The molecule has 3 rings (SSSR count). The summed E-state index contributed by atoms with van der Waals surface area (Å²) in [7, 11) is 0. The number of hydrogen-bond acceptors (Lipinski definition) is 4. The van der Waals surface area contributed by atoms with Crippen LogP contribution in [0.3, 0.4) is 0 Å². The van der Waals surface area contributed by atoms with E-state index in [0.29, 0.717) is 6.92 Å². The molecule has 35 heavy (non-hydrogen) atoms. The van der Waals surface area contributed by atoms with Gasteiger partial charge in [0, 0.05) is 5.92 Å². The fourth-order valence-corrected chi connectivity index (χ4v) is 4.06. The van der Waals surface area contributed by atoms with Crippen LogP contribution in [-0.4, -0.2) is 47.4 Å². The maximum Gasteiger partial charge on any atom is 0.422 e. The molecule has 3 N–H and O–H groups in total. The van der Waals surface area contributed by atoms with Gasteiger partial charge in [-0.3, -0.25) is 4.79 Å². The van der Waals surface area contributed by atoms with Crippen LogP contribution in [0.5, 0.6) is 0 Å². The second-order valence-corrected chi connectivity index (χ2v) is 9.07. The number of carbonyl (C=O) groups excluding carboxylic acids is 2. The van der Waals surface area contributed by atoms with E-state index in [-0.39, 0.29) is 24.9 Å². The van der Waals surface area contributed by atoms with Crippen molar-refractivity contribution in [2.45, 2.75) is 50.9 Å². The Balaban J connectivity index is 1.72. The van der Waals surface area contributed by atoms with Crippen molar-refractivity contribution in [3.63, 3.8) is 0 Å². The van der Waals surface area contributed by atoms with Crippen LogP contribution in [-0.2, 0) is 14.3 Å². The van der Waals surface area contributed by atoms with Crippen molar-refractivity contribution in [3.05, 3.63) is 59.7 Å². The first-order chi connectivity index (χ1) is 16.3. The maximum absolute atomic E-state index is 13.3. The number of amides is 2. The van der Waals surface area contributed by atoms with E-state index in [0.717, 1.165) is 22.3 Å². The highest BCUT2D eigenvalue weighted by Gasteiger charge is 2.59. The smallest absolute Gasteiger partial charge is 0.422 e. The van der Waals surface area contributed by atoms with Gasteiger partial charge in [-0.2, -0.15) is 13.2 Å². The van der Waals surface area contributed by atoms with Gasteiger partial charge in [0.05, 0.1) is 0 Å². The Hall–Kier alpha value is -3.56. The minimum absolute atomic E-state index is 0.0242. The van der Waals surface area contributed by atoms with E-state index in [4.69, 9.17) is 9.84 Å². The first kappa shape index (κ1) is 26.1. The lowest BCUT2D eigenvalue weighted by molar-refractivity contribution is -0.207. The van der Waals surface area contributed by atoms with Crippen molar-refractivity contribution in [1.29, 1.82) is 0 Å². The quantitative estimate of drug-likeness (QED) is 0.505. The summed E-state index contributed by atoms with van der Waals surface area (Å²) >= 11 is 0. The van der Waals surface area contributed by atoms with E-state index in [1.807, 2.05) is 48.5 Å². The predicted molar refractivity (Wildman–Crippen MR) is 122 cm³/mol. The van der Waals surface area contributed by atoms with Gasteiger partial charge in [0.2, 0.25) is 11.4 Å². The SMILES string of the molecule is CC(C)C[C@H](NC(=O)OCC1c2ccccc2-c2ccccc21)C(=O)NC(C)(C(=O)O)C(F)(F)F. The summed E-state index contributed by atoms with van der Waals surface area (Å²) in [5.41, 5.74) is 0.478. The number of carboxylic acids is 1. The predicted octanol–water partition coefficient (Wildman–Crippen LogP) is 4.46. The zero-order chi connectivity index (χ0) is 26.0. The van der Waals surface area contributed by atoms with E-state index in [1.54, 1.807) is 13.8 Å². The van der Waals surface area contributed by atoms with Gasteiger partial charge >= 0.3 is 18.2 Å². The summed E-state index contributed by atoms with van der Waals surface area (Å²) in [6.07, 6.45) is -6.26. The molecule has 2 aromatic carbocycles. The Kier molecular flexibility index (Phi) is 7.42. The monoisotopic (exact) mass is 492 g/mol. The van der Waals surface area contributed by atoms with E-state index < -0.39 is 35.7 Å². The lowest BCUT2D eigenvalue weighted by Gasteiger charge is -2.31. The number of ether oxygens (including phenoxy) is 1. The van der Waals surface area contributed by atoms with Crippen LogP contribution in [0.2, 0.25) is 0 Å². The van der Waals surface area contributed by atoms with Crippen molar-refractivity contribution >= 4 is 18.0 Å². The minimum atomic E-state index is -5.25. The Morgan fingerprint density at radius 2 is 1.51 bits per heavy atom. The van der Waals surface area contributed by atoms with E-state index in [1.165, 1.54) is 5.32 Å². The van der Waals surface area contributed by atoms with Gasteiger partial charge in [0.15, 0.2) is 0 Å². The number of alkyl carbamates (subject to hydrolysis) is 1. The van der Waals surface area contributed by atoms with Crippen molar-refractivity contribution < 1.29 is 37.4 Å². The third kappa shape index (κ3) is 5.41. The van der Waals surface area contributed by atoms with E-state index in [2.05, 4.69) is 5.32 Å². The number of aliphatic carboxylic acids is 1. The highest BCUT2D eigenvalue weighted by atomic mass is 19.4. The standard InChI is InChI=1S/C25H27F3N2O5/c1-14(2)12-20(21(31)30-24(3,22(32)33)25(26,27)28)29-23(34)35-13-19-17-10-6-4-8-15(17)16-9-5-7-11-18(16)19/h4-11,14,19-20H,12-13H2,1-3H3,(H,29,34)(H,30,31)(H,32,33)/t20-,24?/m0/s1. The van der Waals surface area contributed by atoms with Gasteiger partial charge < -0.3 is 20.5 Å². The number of benzene rings is 2. The number of rotatable bonds is 8. The topological polar surface area (TPSA) is 105 Å². The molecular weight excluding hydrogens is 465 g/mol. The summed E-state index contributed by atoms with van der Waals surface area (Å²) < 4.78 is 45.4. The molecule has 7 nitrogen and oxygen atoms in total. The normalized spacial score (nSPS) is 15.5. The zero-order valence-electron chi connectivity index (χ0n) is 19.5. The molecule has 0 heterocycles. The van der Waals surface area contributed by atoms with Crippen LogP contribution >= 0.6 is 0 Å². The molecule has 2 amide bonds. The average molecular weight is 492 g/mol. The second kappa shape index (κ2) is 9.97. The van der Waals surface area contributed by atoms with Crippen molar-refractivity contribution in [3.8, 4) is 11.1 Å². The Bertz CT molecular complexity index is 1070. The van der Waals surface area contributed by atoms with Crippen LogP contribution in [0.4, 0.5) is 18.0 Å². The molecule has 0 spiro atoms. The molecule has 1 aliphatic carbocycles. The summed E-state index contributed by atoms with van der Waals surface area (Å²) in [4.78, 5) is 36.5. The molecule has 0 aliphatic heterocycles. The Morgan fingerprint density at radius 3 is 1.97 bits per heavy atom. The van der Waals surface area contributed by atoms with Gasteiger partial charge in [-0.1, -0.05) is 62.4 Å². The van der Waals surface area contributed by atoms with Gasteiger partial charge in [-0.15, -0.1) is 0 Å². The maximum atomic E-state index is 13.3.